The van der Waals surface area contributed by atoms with E-state index in [4.69, 9.17) is 11.6 Å². The molecule has 1 aromatic carbocycles. The Morgan fingerprint density at radius 1 is 1.29 bits per heavy atom. The third kappa shape index (κ3) is 3.46. The monoisotopic (exact) mass is 304 g/mol. The number of rotatable bonds is 4. The molecule has 112 valence electrons. The highest BCUT2D eigenvalue weighted by atomic mass is 35.5. The SMILES string of the molecule is Cc1nccn1-c1ccc(CCN2CCNCC2)cc1Cl. The van der Waals surface area contributed by atoms with Gasteiger partial charge in [-0.1, -0.05) is 17.7 Å². The number of aromatic nitrogens is 2. The van der Waals surface area contributed by atoms with Crippen molar-refractivity contribution in [2.75, 3.05) is 32.7 Å². The standard InChI is InChI=1S/C16H21ClN4/c1-13-19-7-11-21(13)16-3-2-14(12-15(16)17)4-8-20-9-5-18-6-10-20/h2-3,7,11-12,18H,4-6,8-10H2,1H3. The maximum atomic E-state index is 6.44. The Bertz CT molecular complexity index is 602. The van der Waals surface area contributed by atoms with Crippen molar-refractivity contribution in [1.29, 1.82) is 0 Å². The van der Waals surface area contributed by atoms with Crippen LogP contribution in [-0.2, 0) is 6.42 Å². The largest absolute Gasteiger partial charge is 0.314 e. The molecule has 0 saturated carbocycles. The van der Waals surface area contributed by atoms with Gasteiger partial charge in [-0.05, 0) is 31.0 Å². The van der Waals surface area contributed by atoms with Crippen molar-refractivity contribution in [2.45, 2.75) is 13.3 Å². The van der Waals surface area contributed by atoms with Crippen LogP contribution in [0.3, 0.4) is 0 Å². The van der Waals surface area contributed by atoms with Gasteiger partial charge < -0.3 is 14.8 Å². The number of benzene rings is 1. The number of piperazine rings is 1. The van der Waals surface area contributed by atoms with Gasteiger partial charge in [0.1, 0.15) is 5.82 Å². The number of hydrogen-bond acceptors (Lipinski definition) is 3. The van der Waals surface area contributed by atoms with Crippen LogP contribution >= 0.6 is 11.6 Å². The van der Waals surface area contributed by atoms with Crippen LogP contribution in [0, 0.1) is 6.92 Å². The van der Waals surface area contributed by atoms with Crippen LogP contribution in [0.1, 0.15) is 11.4 Å². The Hall–Kier alpha value is -1.36. The van der Waals surface area contributed by atoms with E-state index < -0.39 is 0 Å². The number of nitrogens with zero attached hydrogens (tertiary/aromatic N) is 3. The number of hydrogen-bond donors (Lipinski definition) is 1. The van der Waals surface area contributed by atoms with E-state index in [1.165, 1.54) is 5.56 Å². The lowest BCUT2D eigenvalue weighted by molar-refractivity contribution is 0.244. The molecule has 0 atom stereocenters. The van der Waals surface area contributed by atoms with E-state index in [1.807, 2.05) is 17.7 Å². The van der Waals surface area contributed by atoms with Gasteiger partial charge in [0.2, 0.25) is 0 Å². The Morgan fingerprint density at radius 3 is 2.76 bits per heavy atom. The van der Waals surface area contributed by atoms with Gasteiger partial charge in [0, 0.05) is 45.1 Å². The van der Waals surface area contributed by atoms with E-state index >= 15 is 0 Å². The highest BCUT2D eigenvalue weighted by Crippen LogP contribution is 2.23. The van der Waals surface area contributed by atoms with Crippen molar-refractivity contribution in [3.63, 3.8) is 0 Å². The van der Waals surface area contributed by atoms with Gasteiger partial charge in [0.15, 0.2) is 0 Å². The Balaban J connectivity index is 1.68. The molecular formula is C16H21ClN4. The van der Waals surface area contributed by atoms with Crippen molar-refractivity contribution in [3.8, 4) is 5.69 Å². The zero-order valence-electron chi connectivity index (χ0n) is 12.3. The third-order valence-electron chi connectivity index (χ3n) is 4.02. The molecule has 0 amide bonds. The predicted molar refractivity (Wildman–Crippen MR) is 86.3 cm³/mol. The van der Waals surface area contributed by atoms with Crippen molar-refractivity contribution >= 4 is 11.6 Å². The molecule has 1 aliphatic rings. The molecular weight excluding hydrogens is 284 g/mol. The van der Waals surface area contributed by atoms with Gasteiger partial charge in [0.05, 0.1) is 10.7 Å². The van der Waals surface area contributed by atoms with Gasteiger partial charge >= 0.3 is 0 Å². The zero-order valence-corrected chi connectivity index (χ0v) is 13.1. The molecule has 0 unspecified atom stereocenters. The normalized spacial score (nSPS) is 16.3. The molecule has 0 aliphatic carbocycles. The molecule has 3 rings (SSSR count). The Kier molecular flexibility index (Phi) is 4.58. The van der Waals surface area contributed by atoms with Gasteiger partial charge in [-0.3, -0.25) is 0 Å². The Labute approximate surface area is 130 Å². The highest BCUT2D eigenvalue weighted by molar-refractivity contribution is 6.32. The molecule has 0 bridgehead atoms. The first-order chi connectivity index (χ1) is 10.2. The summed E-state index contributed by atoms with van der Waals surface area (Å²) in [4.78, 5) is 6.74. The van der Waals surface area contributed by atoms with Crippen molar-refractivity contribution in [2.24, 2.45) is 0 Å². The van der Waals surface area contributed by atoms with Crippen molar-refractivity contribution in [1.82, 2.24) is 19.8 Å². The Morgan fingerprint density at radius 2 is 2.10 bits per heavy atom. The highest BCUT2D eigenvalue weighted by Gasteiger charge is 2.10. The van der Waals surface area contributed by atoms with E-state index in [2.05, 4.69) is 33.4 Å². The van der Waals surface area contributed by atoms with E-state index in [1.54, 1.807) is 6.20 Å². The third-order valence-corrected chi connectivity index (χ3v) is 4.33. The van der Waals surface area contributed by atoms with Crippen molar-refractivity contribution < 1.29 is 0 Å². The molecule has 0 spiro atoms. The second-order valence-electron chi connectivity index (χ2n) is 5.47. The topological polar surface area (TPSA) is 33.1 Å². The van der Waals surface area contributed by atoms with Gasteiger partial charge in [-0.25, -0.2) is 4.98 Å². The summed E-state index contributed by atoms with van der Waals surface area (Å²) in [5, 5.41) is 4.16. The minimum Gasteiger partial charge on any atom is -0.314 e. The molecule has 0 radical (unpaired) electrons. The maximum Gasteiger partial charge on any atom is 0.110 e. The number of nitrogens with one attached hydrogen (secondary N) is 1. The smallest absolute Gasteiger partial charge is 0.110 e. The number of aryl methyl sites for hydroxylation is 1. The van der Waals surface area contributed by atoms with Crippen LogP contribution in [0.4, 0.5) is 0 Å². The molecule has 2 heterocycles. The number of halogens is 1. The minimum atomic E-state index is 0.786. The van der Waals surface area contributed by atoms with E-state index in [9.17, 15) is 0 Å². The van der Waals surface area contributed by atoms with Crippen LogP contribution in [-0.4, -0.2) is 47.2 Å². The number of imidazole rings is 1. The summed E-state index contributed by atoms with van der Waals surface area (Å²) in [5.74, 6) is 0.950. The first-order valence-corrected chi connectivity index (χ1v) is 7.83. The van der Waals surface area contributed by atoms with Gasteiger partial charge in [-0.2, -0.15) is 0 Å². The van der Waals surface area contributed by atoms with Crippen molar-refractivity contribution in [3.05, 3.63) is 47.0 Å². The van der Waals surface area contributed by atoms with Gasteiger partial charge in [0.25, 0.3) is 0 Å². The molecule has 1 fully saturated rings. The lowest BCUT2D eigenvalue weighted by Crippen LogP contribution is -2.44. The lowest BCUT2D eigenvalue weighted by Gasteiger charge is -2.27. The summed E-state index contributed by atoms with van der Waals surface area (Å²) >= 11 is 6.44. The van der Waals surface area contributed by atoms with Gasteiger partial charge in [-0.15, -0.1) is 0 Å². The molecule has 21 heavy (non-hydrogen) atoms. The maximum absolute atomic E-state index is 6.44. The van der Waals surface area contributed by atoms with E-state index in [0.717, 1.165) is 55.7 Å². The lowest BCUT2D eigenvalue weighted by atomic mass is 10.1. The average molecular weight is 305 g/mol. The summed E-state index contributed by atoms with van der Waals surface area (Å²) in [6.07, 6.45) is 4.78. The first-order valence-electron chi connectivity index (χ1n) is 7.46. The molecule has 1 saturated heterocycles. The van der Waals surface area contributed by atoms with Crippen LogP contribution in [0.15, 0.2) is 30.6 Å². The molecule has 5 heteroatoms. The van der Waals surface area contributed by atoms with Crippen LogP contribution in [0.25, 0.3) is 5.69 Å². The summed E-state index contributed by atoms with van der Waals surface area (Å²) < 4.78 is 2.02. The fraction of sp³-hybridized carbons (Fsp3) is 0.438. The zero-order chi connectivity index (χ0) is 14.7. The van der Waals surface area contributed by atoms with E-state index in [-0.39, 0.29) is 0 Å². The fourth-order valence-electron chi connectivity index (χ4n) is 2.76. The van der Waals surface area contributed by atoms with Crippen LogP contribution < -0.4 is 5.32 Å². The molecule has 2 aromatic rings. The first kappa shape index (κ1) is 14.6. The summed E-state index contributed by atoms with van der Waals surface area (Å²) in [5.41, 5.74) is 2.29. The predicted octanol–water partition coefficient (Wildman–Crippen LogP) is 2.28. The second kappa shape index (κ2) is 6.60. The summed E-state index contributed by atoms with van der Waals surface area (Å²) in [6.45, 7) is 7.55. The molecule has 4 nitrogen and oxygen atoms in total. The quantitative estimate of drug-likeness (QED) is 0.941. The van der Waals surface area contributed by atoms with Crippen LogP contribution in [0.2, 0.25) is 5.02 Å². The van der Waals surface area contributed by atoms with Crippen LogP contribution in [0.5, 0.6) is 0 Å². The average Bonchev–Trinajstić information content (AvgIpc) is 2.92. The fourth-order valence-corrected chi connectivity index (χ4v) is 3.05. The molecule has 1 aromatic heterocycles. The minimum absolute atomic E-state index is 0.786. The summed E-state index contributed by atoms with van der Waals surface area (Å²) in [6, 6.07) is 6.34. The summed E-state index contributed by atoms with van der Waals surface area (Å²) in [7, 11) is 0. The second-order valence-corrected chi connectivity index (χ2v) is 5.88. The van der Waals surface area contributed by atoms with E-state index in [0.29, 0.717) is 0 Å². The molecule has 1 aliphatic heterocycles. The molecule has 1 N–H and O–H groups in total.